The van der Waals surface area contributed by atoms with Crippen LogP contribution in [0.3, 0.4) is 0 Å². The Morgan fingerprint density at radius 1 is 1.26 bits per heavy atom. The summed E-state index contributed by atoms with van der Waals surface area (Å²) in [5.41, 5.74) is 8.86. The van der Waals surface area contributed by atoms with Crippen molar-refractivity contribution in [1.82, 2.24) is 0 Å². The summed E-state index contributed by atoms with van der Waals surface area (Å²) in [6, 6.07) is 11.1. The molecule has 4 nitrogen and oxygen atoms in total. The highest BCUT2D eigenvalue weighted by Crippen LogP contribution is 2.28. The average molecular weight is 333 g/mol. The highest BCUT2D eigenvalue weighted by molar-refractivity contribution is 6.34. The molecule has 0 radical (unpaired) electrons. The number of benzene rings is 2. The van der Waals surface area contributed by atoms with Crippen molar-refractivity contribution in [2.75, 3.05) is 17.7 Å². The maximum absolute atomic E-state index is 12.0. The summed E-state index contributed by atoms with van der Waals surface area (Å²) >= 11 is 6.11. The molecule has 3 N–H and O–H groups in total. The van der Waals surface area contributed by atoms with Crippen LogP contribution in [0.1, 0.15) is 30.9 Å². The van der Waals surface area contributed by atoms with E-state index in [0.29, 0.717) is 28.1 Å². The van der Waals surface area contributed by atoms with Gasteiger partial charge in [0.05, 0.1) is 10.7 Å². The molecule has 1 amide bonds. The largest absolute Gasteiger partial charge is 0.484 e. The first kappa shape index (κ1) is 17.2. The van der Waals surface area contributed by atoms with E-state index in [4.69, 9.17) is 22.1 Å². The van der Waals surface area contributed by atoms with Crippen LogP contribution in [0.15, 0.2) is 36.4 Å². The molecule has 0 aromatic heterocycles. The number of aryl methyl sites for hydroxylation is 1. The van der Waals surface area contributed by atoms with E-state index in [2.05, 4.69) is 19.2 Å². The van der Waals surface area contributed by atoms with Gasteiger partial charge in [0.2, 0.25) is 0 Å². The quantitative estimate of drug-likeness (QED) is 0.799. The second kappa shape index (κ2) is 7.38. The van der Waals surface area contributed by atoms with Gasteiger partial charge in [-0.25, -0.2) is 0 Å². The van der Waals surface area contributed by atoms with Gasteiger partial charge < -0.3 is 15.8 Å². The highest BCUT2D eigenvalue weighted by atomic mass is 35.5. The highest BCUT2D eigenvalue weighted by Gasteiger charge is 2.10. The fourth-order valence-corrected chi connectivity index (χ4v) is 2.52. The summed E-state index contributed by atoms with van der Waals surface area (Å²) in [6.07, 6.45) is 0. The zero-order valence-electron chi connectivity index (χ0n) is 13.5. The molecule has 122 valence electrons. The number of carbonyl (C=O) groups excluding carboxylic acids is 1. The third-order valence-corrected chi connectivity index (χ3v) is 3.79. The van der Waals surface area contributed by atoms with Crippen LogP contribution >= 0.6 is 11.6 Å². The van der Waals surface area contributed by atoms with Crippen molar-refractivity contribution in [3.05, 3.63) is 52.5 Å². The Morgan fingerprint density at radius 3 is 2.48 bits per heavy atom. The first-order valence-electron chi connectivity index (χ1n) is 7.45. The molecule has 0 saturated carbocycles. The van der Waals surface area contributed by atoms with Crippen LogP contribution < -0.4 is 15.8 Å². The molecule has 2 aromatic rings. The van der Waals surface area contributed by atoms with Crippen LogP contribution in [0.5, 0.6) is 5.75 Å². The number of hydrogen-bond acceptors (Lipinski definition) is 3. The fourth-order valence-electron chi connectivity index (χ4n) is 2.20. The van der Waals surface area contributed by atoms with Crippen molar-refractivity contribution >= 4 is 28.9 Å². The number of halogens is 1. The van der Waals surface area contributed by atoms with Crippen molar-refractivity contribution < 1.29 is 9.53 Å². The van der Waals surface area contributed by atoms with E-state index in [-0.39, 0.29) is 12.5 Å². The van der Waals surface area contributed by atoms with Crippen molar-refractivity contribution in [1.29, 1.82) is 0 Å². The van der Waals surface area contributed by atoms with Gasteiger partial charge >= 0.3 is 0 Å². The number of amides is 1. The summed E-state index contributed by atoms with van der Waals surface area (Å²) in [6.45, 7) is 6.01. The Hall–Kier alpha value is -2.20. The minimum atomic E-state index is -0.271. The zero-order chi connectivity index (χ0) is 17.0. The van der Waals surface area contributed by atoms with Crippen molar-refractivity contribution in [3.8, 4) is 5.75 Å². The number of hydrogen-bond donors (Lipinski definition) is 2. The van der Waals surface area contributed by atoms with E-state index in [1.54, 1.807) is 12.1 Å². The van der Waals surface area contributed by atoms with Gasteiger partial charge in [0.15, 0.2) is 6.61 Å². The number of anilines is 2. The monoisotopic (exact) mass is 332 g/mol. The molecule has 23 heavy (non-hydrogen) atoms. The number of carbonyl (C=O) groups is 1. The second-order valence-electron chi connectivity index (χ2n) is 5.76. The van der Waals surface area contributed by atoms with E-state index in [9.17, 15) is 4.79 Å². The van der Waals surface area contributed by atoms with Gasteiger partial charge in [-0.1, -0.05) is 37.6 Å². The Kier molecular flexibility index (Phi) is 5.50. The van der Waals surface area contributed by atoms with Crippen LogP contribution in [0, 0.1) is 6.92 Å². The van der Waals surface area contributed by atoms with E-state index in [1.807, 2.05) is 31.2 Å². The molecule has 0 aliphatic rings. The summed E-state index contributed by atoms with van der Waals surface area (Å²) < 4.78 is 5.50. The molecule has 0 bridgehead atoms. The topological polar surface area (TPSA) is 64.3 Å². The van der Waals surface area contributed by atoms with Gasteiger partial charge in [-0.05, 0) is 48.2 Å². The smallest absolute Gasteiger partial charge is 0.262 e. The Balaban J connectivity index is 1.95. The minimum Gasteiger partial charge on any atom is -0.484 e. The Morgan fingerprint density at radius 2 is 1.91 bits per heavy atom. The maximum Gasteiger partial charge on any atom is 0.262 e. The molecule has 0 fully saturated rings. The molecule has 0 heterocycles. The van der Waals surface area contributed by atoms with Crippen molar-refractivity contribution in [2.24, 2.45) is 0 Å². The lowest BCUT2D eigenvalue weighted by Gasteiger charge is -2.12. The number of nitrogens with one attached hydrogen (secondary N) is 1. The van der Waals surface area contributed by atoms with Gasteiger partial charge in [-0.15, -0.1) is 0 Å². The number of nitrogen functional groups attached to an aromatic ring is 1. The first-order valence-corrected chi connectivity index (χ1v) is 7.83. The van der Waals surface area contributed by atoms with E-state index < -0.39 is 0 Å². The van der Waals surface area contributed by atoms with Gasteiger partial charge in [-0.2, -0.15) is 0 Å². The summed E-state index contributed by atoms with van der Waals surface area (Å²) in [4.78, 5) is 12.0. The van der Waals surface area contributed by atoms with E-state index >= 15 is 0 Å². The molecule has 2 aromatic carbocycles. The second-order valence-corrected chi connectivity index (χ2v) is 6.16. The molecule has 0 aliphatic carbocycles. The van der Waals surface area contributed by atoms with Gasteiger partial charge in [0.1, 0.15) is 5.75 Å². The van der Waals surface area contributed by atoms with E-state index in [0.717, 1.165) is 5.56 Å². The molecule has 2 rings (SSSR count). The summed E-state index contributed by atoms with van der Waals surface area (Å²) in [7, 11) is 0. The molecule has 0 unspecified atom stereocenters. The first-order chi connectivity index (χ1) is 10.9. The predicted octanol–water partition coefficient (Wildman–Crippen LogP) is 4.37. The van der Waals surface area contributed by atoms with Crippen LogP contribution in [0.2, 0.25) is 5.02 Å². The Labute approximate surface area is 141 Å². The number of ether oxygens (including phenoxy) is 1. The molecule has 5 heteroatoms. The van der Waals surface area contributed by atoms with Crippen LogP contribution in [0.4, 0.5) is 11.4 Å². The average Bonchev–Trinajstić information content (AvgIpc) is 2.49. The third kappa shape index (κ3) is 4.63. The fraction of sp³-hybridized carbons (Fsp3) is 0.278. The summed E-state index contributed by atoms with van der Waals surface area (Å²) in [5.74, 6) is 0.848. The number of nitrogens with two attached hydrogens (primary N) is 1. The SMILES string of the molecule is Cc1cc(N)cc(Cl)c1NC(=O)COc1ccc(C(C)C)cc1. The molecular weight excluding hydrogens is 312 g/mol. The number of rotatable bonds is 5. The summed E-state index contributed by atoms with van der Waals surface area (Å²) in [5, 5.41) is 3.17. The van der Waals surface area contributed by atoms with Gasteiger partial charge in [0, 0.05) is 5.69 Å². The van der Waals surface area contributed by atoms with Crippen LogP contribution in [-0.2, 0) is 4.79 Å². The standard InChI is InChI=1S/C18H21ClN2O2/c1-11(2)13-4-6-15(7-5-13)23-10-17(22)21-18-12(3)8-14(20)9-16(18)19/h4-9,11H,10,20H2,1-3H3,(H,21,22). The molecule has 0 saturated heterocycles. The maximum atomic E-state index is 12.0. The lowest BCUT2D eigenvalue weighted by atomic mass is 10.0. The van der Waals surface area contributed by atoms with Crippen molar-refractivity contribution in [2.45, 2.75) is 26.7 Å². The van der Waals surface area contributed by atoms with Crippen molar-refractivity contribution in [3.63, 3.8) is 0 Å². The lowest BCUT2D eigenvalue weighted by molar-refractivity contribution is -0.118. The molecule has 0 spiro atoms. The Bertz CT molecular complexity index is 674. The predicted molar refractivity (Wildman–Crippen MR) is 95.3 cm³/mol. The van der Waals surface area contributed by atoms with Gasteiger partial charge in [0.25, 0.3) is 5.91 Å². The lowest BCUT2D eigenvalue weighted by Crippen LogP contribution is -2.21. The van der Waals surface area contributed by atoms with Crippen LogP contribution in [0.25, 0.3) is 0 Å². The molecule has 0 atom stereocenters. The van der Waals surface area contributed by atoms with E-state index in [1.165, 1.54) is 5.56 Å². The zero-order valence-corrected chi connectivity index (χ0v) is 14.3. The molecular formula is C18H21ClN2O2. The van der Waals surface area contributed by atoms with Crippen LogP contribution in [-0.4, -0.2) is 12.5 Å². The third-order valence-electron chi connectivity index (χ3n) is 3.49. The normalized spacial score (nSPS) is 10.7. The minimum absolute atomic E-state index is 0.0822. The molecule has 0 aliphatic heterocycles. The van der Waals surface area contributed by atoms with Gasteiger partial charge in [-0.3, -0.25) is 4.79 Å².